The van der Waals surface area contributed by atoms with Crippen LogP contribution in [0.25, 0.3) is 0 Å². The highest BCUT2D eigenvalue weighted by atomic mass is 16.5. The lowest BCUT2D eigenvalue weighted by atomic mass is 10.2. The summed E-state index contributed by atoms with van der Waals surface area (Å²) in [6.07, 6.45) is 2.15. The highest BCUT2D eigenvalue weighted by molar-refractivity contribution is 5.44. The minimum absolute atomic E-state index is 0.0660. The second kappa shape index (κ2) is 8.14. The topological polar surface area (TPSA) is 21.3 Å². The van der Waals surface area contributed by atoms with E-state index in [0.717, 1.165) is 29.7 Å². The molecule has 0 heterocycles. The molecule has 108 valence electrons. The summed E-state index contributed by atoms with van der Waals surface area (Å²) in [4.78, 5) is 0. The van der Waals surface area contributed by atoms with Crippen molar-refractivity contribution in [2.45, 2.75) is 26.0 Å². The first-order chi connectivity index (χ1) is 10.3. The van der Waals surface area contributed by atoms with Crippen LogP contribution < -0.4 is 10.1 Å². The van der Waals surface area contributed by atoms with E-state index in [1.165, 1.54) is 0 Å². The van der Waals surface area contributed by atoms with Crippen molar-refractivity contribution in [2.75, 3.05) is 7.05 Å². The zero-order valence-corrected chi connectivity index (χ0v) is 12.6. The number of ether oxygens (including phenoxy) is 1. The quantitative estimate of drug-likeness (QED) is 0.664. The maximum absolute atomic E-state index is 5.86. The largest absolute Gasteiger partial charge is 0.475 e. The van der Waals surface area contributed by atoms with Crippen LogP contribution in [-0.2, 0) is 0 Å². The summed E-state index contributed by atoms with van der Waals surface area (Å²) >= 11 is 0. The van der Waals surface area contributed by atoms with Gasteiger partial charge in [-0.2, -0.15) is 0 Å². The minimum Gasteiger partial charge on any atom is -0.475 e. The fourth-order valence-corrected chi connectivity index (χ4v) is 1.97. The first kappa shape index (κ1) is 15.2. The number of benzene rings is 2. The summed E-state index contributed by atoms with van der Waals surface area (Å²) in [6, 6.07) is 17.9. The summed E-state index contributed by atoms with van der Waals surface area (Å²) in [6.45, 7) is 2.15. The van der Waals surface area contributed by atoms with Gasteiger partial charge >= 0.3 is 0 Å². The van der Waals surface area contributed by atoms with Gasteiger partial charge in [0, 0.05) is 11.1 Å². The highest BCUT2D eigenvalue weighted by Gasteiger charge is 2.05. The third kappa shape index (κ3) is 4.98. The Labute approximate surface area is 127 Å². The van der Waals surface area contributed by atoms with Crippen LogP contribution in [0.5, 0.6) is 5.75 Å². The van der Waals surface area contributed by atoms with E-state index in [-0.39, 0.29) is 6.23 Å². The Morgan fingerprint density at radius 3 is 2.14 bits per heavy atom. The molecule has 0 amide bonds. The monoisotopic (exact) mass is 279 g/mol. The van der Waals surface area contributed by atoms with Crippen LogP contribution in [0, 0.1) is 11.8 Å². The zero-order chi connectivity index (χ0) is 14.9. The van der Waals surface area contributed by atoms with Gasteiger partial charge in [0.25, 0.3) is 0 Å². The lowest BCUT2D eigenvalue weighted by Crippen LogP contribution is -2.30. The van der Waals surface area contributed by atoms with Crippen molar-refractivity contribution >= 4 is 0 Å². The third-order valence-electron chi connectivity index (χ3n) is 3.13. The average Bonchev–Trinajstić information content (AvgIpc) is 2.54. The van der Waals surface area contributed by atoms with Crippen LogP contribution in [0.1, 0.15) is 30.9 Å². The molecule has 21 heavy (non-hydrogen) atoms. The standard InChI is InChI=1S/C19H21NO/c1-3-7-19(20-2)21-18-14-12-17(13-15-18)11-10-16-8-5-4-6-9-16/h4-6,8-9,12-15,19-20H,3,7H2,1-2H3. The van der Waals surface area contributed by atoms with Crippen LogP contribution >= 0.6 is 0 Å². The van der Waals surface area contributed by atoms with E-state index in [1.54, 1.807) is 0 Å². The normalized spacial score (nSPS) is 11.3. The van der Waals surface area contributed by atoms with Crippen LogP contribution in [0.4, 0.5) is 0 Å². The van der Waals surface area contributed by atoms with E-state index in [2.05, 4.69) is 24.1 Å². The van der Waals surface area contributed by atoms with E-state index in [9.17, 15) is 0 Å². The molecule has 0 aliphatic carbocycles. The fourth-order valence-electron chi connectivity index (χ4n) is 1.97. The van der Waals surface area contributed by atoms with Crippen LogP contribution in [0.3, 0.4) is 0 Å². The lowest BCUT2D eigenvalue weighted by molar-refractivity contribution is 0.162. The van der Waals surface area contributed by atoms with Crippen molar-refractivity contribution in [3.63, 3.8) is 0 Å². The summed E-state index contributed by atoms with van der Waals surface area (Å²) in [5.74, 6) is 7.18. The van der Waals surface area contributed by atoms with Crippen molar-refractivity contribution in [1.29, 1.82) is 0 Å². The first-order valence-corrected chi connectivity index (χ1v) is 7.33. The Bertz CT molecular complexity index is 593. The van der Waals surface area contributed by atoms with Gasteiger partial charge in [-0.3, -0.25) is 5.32 Å². The fraction of sp³-hybridized carbons (Fsp3) is 0.263. The van der Waals surface area contributed by atoms with Gasteiger partial charge < -0.3 is 4.74 Å². The second-order valence-electron chi connectivity index (χ2n) is 4.82. The van der Waals surface area contributed by atoms with Gasteiger partial charge in [-0.15, -0.1) is 0 Å². The van der Waals surface area contributed by atoms with Crippen molar-refractivity contribution in [1.82, 2.24) is 5.32 Å². The van der Waals surface area contributed by atoms with Gasteiger partial charge in [-0.05, 0) is 49.9 Å². The smallest absolute Gasteiger partial charge is 0.149 e. The molecule has 0 saturated heterocycles. The molecule has 0 aliphatic heterocycles. The van der Waals surface area contributed by atoms with E-state index in [1.807, 2.05) is 61.6 Å². The van der Waals surface area contributed by atoms with Crippen LogP contribution in [-0.4, -0.2) is 13.3 Å². The van der Waals surface area contributed by atoms with Crippen molar-refractivity contribution in [3.05, 3.63) is 65.7 Å². The molecule has 0 saturated carbocycles. The molecule has 0 radical (unpaired) electrons. The Balaban J connectivity index is 2.01. The van der Waals surface area contributed by atoms with Gasteiger partial charge in [0.15, 0.2) is 0 Å². The molecule has 0 aromatic heterocycles. The van der Waals surface area contributed by atoms with Gasteiger partial charge in [0.05, 0.1) is 0 Å². The number of rotatable bonds is 5. The molecule has 2 nitrogen and oxygen atoms in total. The average molecular weight is 279 g/mol. The SMILES string of the molecule is CCCC(NC)Oc1ccc(C#Cc2ccccc2)cc1. The number of hydrogen-bond donors (Lipinski definition) is 1. The Kier molecular flexibility index (Phi) is 5.87. The molecule has 2 heteroatoms. The van der Waals surface area contributed by atoms with Crippen molar-refractivity contribution < 1.29 is 4.74 Å². The molecule has 2 rings (SSSR count). The second-order valence-corrected chi connectivity index (χ2v) is 4.82. The lowest BCUT2D eigenvalue weighted by Gasteiger charge is -2.17. The Morgan fingerprint density at radius 1 is 0.952 bits per heavy atom. The first-order valence-electron chi connectivity index (χ1n) is 7.33. The molecular weight excluding hydrogens is 258 g/mol. The maximum atomic E-state index is 5.86. The predicted octanol–water partition coefficient (Wildman–Crippen LogP) is 3.81. The minimum atomic E-state index is 0.0660. The molecule has 0 aliphatic rings. The number of nitrogens with one attached hydrogen (secondary N) is 1. The number of hydrogen-bond acceptors (Lipinski definition) is 2. The van der Waals surface area contributed by atoms with Crippen molar-refractivity contribution in [2.24, 2.45) is 0 Å². The Morgan fingerprint density at radius 2 is 1.57 bits per heavy atom. The zero-order valence-electron chi connectivity index (χ0n) is 12.6. The summed E-state index contributed by atoms with van der Waals surface area (Å²) in [5.41, 5.74) is 2.01. The summed E-state index contributed by atoms with van der Waals surface area (Å²) in [5, 5.41) is 3.16. The molecule has 2 aromatic rings. The van der Waals surface area contributed by atoms with Gasteiger partial charge in [-0.1, -0.05) is 43.4 Å². The molecule has 1 unspecified atom stereocenters. The van der Waals surface area contributed by atoms with Gasteiger partial charge in [-0.25, -0.2) is 0 Å². The molecule has 1 N–H and O–H groups in total. The highest BCUT2D eigenvalue weighted by Crippen LogP contribution is 2.14. The van der Waals surface area contributed by atoms with E-state index in [0.29, 0.717) is 0 Å². The van der Waals surface area contributed by atoms with Crippen LogP contribution in [0.15, 0.2) is 54.6 Å². The molecule has 2 aromatic carbocycles. The van der Waals surface area contributed by atoms with E-state index < -0.39 is 0 Å². The Hall–Kier alpha value is -2.24. The molecule has 1 atom stereocenters. The van der Waals surface area contributed by atoms with E-state index in [4.69, 9.17) is 4.74 Å². The van der Waals surface area contributed by atoms with E-state index >= 15 is 0 Å². The van der Waals surface area contributed by atoms with Crippen molar-refractivity contribution in [3.8, 4) is 17.6 Å². The van der Waals surface area contributed by atoms with Gasteiger partial charge in [0.2, 0.25) is 0 Å². The molecule has 0 spiro atoms. The summed E-state index contributed by atoms with van der Waals surface area (Å²) < 4.78 is 5.86. The predicted molar refractivity (Wildman–Crippen MR) is 87.2 cm³/mol. The maximum Gasteiger partial charge on any atom is 0.149 e. The summed E-state index contributed by atoms with van der Waals surface area (Å²) in [7, 11) is 1.92. The third-order valence-corrected chi connectivity index (χ3v) is 3.13. The molecule has 0 fully saturated rings. The molecule has 0 bridgehead atoms. The van der Waals surface area contributed by atoms with Gasteiger partial charge in [0.1, 0.15) is 12.0 Å². The molecular formula is C19H21NO. The van der Waals surface area contributed by atoms with Crippen LogP contribution in [0.2, 0.25) is 0 Å².